The third-order valence-electron chi connectivity index (χ3n) is 4.92. The molecule has 0 aliphatic carbocycles. The predicted octanol–water partition coefficient (Wildman–Crippen LogP) is 2.48. The van der Waals surface area contributed by atoms with Crippen molar-refractivity contribution >= 4 is 17.5 Å². The van der Waals surface area contributed by atoms with Gasteiger partial charge < -0.3 is 19.3 Å². The van der Waals surface area contributed by atoms with Gasteiger partial charge in [0, 0.05) is 37.3 Å². The molecule has 148 valence electrons. The number of fused-ring (bicyclic) bond motifs is 1. The summed E-state index contributed by atoms with van der Waals surface area (Å²) in [4.78, 5) is 32.6. The van der Waals surface area contributed by atoms with Crippen molar-refractivity contribution in [2.24, 2.45) is 0 Å². The maximum atomic E-state index is 12.6. The standard InChI is InChI=1S/C21H25N3O4/c1-14-11-22-16(15(2)21(14)27-4)12-23(3)19(25)9-10-24-17-7-5-6-8-18(17)28-13-20(24)26/h5-8,11H,9-10,12-13H2,1-4H3. The fourth-order valence-electron chi connectivity index (χ4n) is 3.34. The van der Waals surface area contributed by atoms with Crippen molar-refractivity contribution in [2.45, 2.75) is 26.8 Å². The Morgan fingerprint density at radius 1 is 1.32 bits per heavy atom. The molecule has 0 saturated heterocycles. The van der Waals surface area contributed by atoms with Crippen LogP contribution in [-0.4, -0.2) is 49.0 Å². The van der Waals surface area contributed by atoms with Crippen LogP contribution in [0.15, 0.2) is 30.5 Å². The molecule has 0 atom stereocenters. The number of carbonyl (C=O) groups is 2. The third kappa shape index (κ3) is 3.93. The van der Waals surface area contributed by atoms with Crippen molar-refractivity contribution in [3.05, 3.63) is 47.3 Å². The van der Waals surface area contributed by atoms with Crippen LogP contribution in [-0.2, 0) is 16.1 Å². The molecule has 1 aliphatic rings. The van der Waals surface area contributed by atoms with Crippen LogP contribution < -0.4 is 14.4 Å². The summed E-state index contributed by atoms with van der Waals surface area (Å²) in [7, 11) is 3.37. The van der Waals surface area contributed by atoms with E-state index in [-0.39, 0.29) is 24.8 Å². The first-order valence-electron chi connectivity index (χ1n) is 9.17. The van der Waals surface area contributed by atoms with E-state index < -0.39 is 0 Å². The van der Waals surface area contributed by atoms with Crippen molar-refractivity contribution < 1.29 is 19.1 Å². The minimum atomic E-state index is -0.144. The Morgan fingerprint density at radius 2 is 2.07 bits per heavy atom. The Balaban J connectivity index is 1.65. The summed E-state index contributed by atoms with van der Waals surface area (Å²) in [6, 6.07) is 7.35. The van der Waals surface area contributed by atoms with E-state index in [1.165, 1.54) is 0 Å². The molecule has 0 spiro atoms. The van der Waals surface area contributed by atoms with Crippen LogP contribution >= 0.6 is 0 Å². The van der Waals surface area contributed by atoms with Gasteiger partial charge in [0.05, 0.1) is 25.0 Å². The number of hydrogen-bond donors (Lipinski definition) is 0. The first-order chi connectivity index (χ1) is 13.4. The van der Waals surface area contributed by atoms with Crippen LogP contribution in [0.3, 0.4) is 0 Å². The van der Waals surface area contributed by atoms with E-state index in [0.717, 1.165) is 22.6 Å². The lowest BCUT2D eigenvalue weighted by molar-refractivity contribution is -0.130. The Labute approximate surface area is 164 Å². The molecular formula is C21H25N3O4. The van der Waals surface area contributed by atoms with Gasteiger partial charge in [-0.05, 0) is 26.0 Å². The average molecular weight is 383 g/mol. The molecule has 0 unspecified atom stereocenters. The molecule has 0 radical (unpaired) electrons. The lowest BCUT2D eigenvalue weighted by atomic mass is 10.1. The molecule has 7 heteroatoms. The third-order valence-corrected chi connectivity index (χ3v) is 4.92. The number of ether oxygens (including phenoxy) is 2. The normalized spacial score (nSPS) is 13.0. The lowest BCUT2D eigenvalue weighted by Gasteiger charge is -2.29. The molecule has 0 saturated carbocycles. The van der Waals surface area contributed by atoms with Gasteiger partial charge in [-0.2, -0.15) is 0 Å². The number of aromatic nitrogens is 1. The number of carbonyl (C=O) groups excluding carboxylic acids is 2. The monoisotopic (exact) mass is 383 g/mol. The number of anilines is 1. The zero-order valence-electron chi connectivity index (χ0n) is 16.7. The summed E-state index contributed by atoms with van der Waals surface area (Å²) in [5.41, 5.74) is 3.39. The van der Waals surface area contributed by atoms with Crippen LogP contribution in [0.2, 0.25) is 0 Å². The molecule has 7 nitrogen and oxygen atoms in total. The van der Waals surface area contributed by atoms with Gasteiger partial charge in [0.15, 0.2) is 6.61 Å². The highest BCUT2D eigenvalue weighted by Crippen LogP contribution is 2.31. The minimum absolute atomic E-state index is 0.00663. The van der Waals surface area contributed by atoms with Crippen molar-refractivity contribution in [2.75, 3.05) is 32.2 Å². The van der Waals surface area contributed by atoms with Crippen LogP contribution in [0.5, 0.6) is 11.5 Å². The van der Waals surface area contributed by atoms with Gasteiger partial charge in [0.2, 0.25) is 5.91 Å². The molecule has 2 aromatic rings. The number of aryl methyl sites for hydroxylation is 1. The number of benzene rings is 1. The number of para-hydroxylation sites is 2. The number of hydrogen-bond acceptors (Lipinski definition) is 5. The van der Waals surface area contributed by atoms with E-state index in [1.807, 2.05) is 38.1 Å². The molecular weight excluding hydrogens is 358 g/mol. The highest BCUT2D eigenvalue weighted by molar-refractivity contribution is 5.98. The average Bonchev–Trinajstić information content (AvgIpc) is 2.69. The Bertz CT molecular complexity index is 897. The largest absolute Gasteiger partial charge is 0.496 e. The first kappa shape index (κ1) is 19.7. The van der Waals surface area contributed by atoms with E-state index in [9.17, 15) is 9.59 Å². The van der Waals surface area contributed by atoms with Crippen LogP contribution in [0, 0.1) is 13.8 Å². The van der Waals surface area contributed by atoms with Crippen molar-refractivity contribution in [1.82, 2.24) is 9.88 Å². The number of amides is 2. The van der Waals surface area contributed by atoms with Gasteiger partial charge in [0.1, 0.15) is 11.5 Å². The molecule has 1 aromatic carbocycles. The smallest absolute Gasteiger partial charge is 0.265 e. The van der Waals surface area contributed by atoms with E-state index in [2.05, 4.69) is 4.98 Å². The van der Waals surface area contributed by atoms with Gasteiger partial charge in [-0.15, -0.1) is 0 Å². The Kier molecular flexibility index (Phi) is 5.82. The molecule has 1 aromatic heterocycles. The van der Waals surface area contributed by atoms with Gasteiger partial charge in [-0.1, -0.05) is 12.1 Å². The molecule has 0 bridgehead atoms. The van der Waals surface area contributed by atoms with Crippen LogP contribution in [0.1, 0.15) is 23.2 Å². The first-order valence-corrected chi connectivity index (χ1v) is 9.17. The fourth-order valence-corrected chi connectivity index (χ4v) is 3.34. The zero-order valence-corrected chi connectivity index (χ0v) is 16.7. The molecule has 0 fully saturated rings. The fraction of sp³-hybridized carbons (Fsp3) is 0.381. The predicted molar refractivity (Wildman–Crippen MR) is 106 cm³/mol. The molecule has 1 aliphatic heterocycles. The summed E-state index contributed by atoms with van der Waals surface area (Å²) in [6.45, 7) is 4.57. The molecule has 2 heterocycles. The SMILES string of the molecule is COc1c(C)cnc(CN(C)C(=O)CCN2C(=O)COc3ccccc32)c1C. The van der Waals surface area contributed by atoms with Gasteiger partial charge in [0.25, 0.3) is 5.91 Å². The van der Waals surface area contributed by atoms with E-state index in [1.54, 1.807) is 30.2 Å². The zero-order chi connectivity index (χ0) is 20.3. The number of pyridine rings is 1. The summed E-state index contributed by atoms with van der Waals surface area (Å²) < 4.78 is 10.9. The molecule has 28 heavy (non-hydrogen) atoms. The number of nitrogens with zero attached hydrogens (tertiary/aromatic N) is 3. The highest BCUT2D eigenvalue weighted by Gasteiger charge is 2.26. The van der Waals surface area contributed by atoms with Gasteiger partial charge in [-0.3, -0.25) is 14.6 Å². The van der Waals surface area contributed by atoms with E-state index >= 15 is 0 Å². The highest BCUT2D eigenvalue weighted by atomic mass is 16.5. The second-order valence-corrected chi connectivity index (χ2v) is 6.85. The van der Waals surface area contributed by atoms with Crippen molar-refractivity contribution in [1.29, 1.82) is 0 Å². The number of rotatable bonds is 6. The summed E-state index contributed by atoms with van der Waals surface area (Å²) in [5.74, 6) is 1.25. The quantitative estimate of drug-likeness (QED) is 0.766. The van der Waals surface area contributed by atoms with Gasteiger partial charge in [-0.25, -0.2) is 0 Å². The van der Waals surface area contributed by atoms with Gasteiger partial charge >= 0.3 is 0 Å². The second kappa shape index (κ2) is 8.29. The summed E-state index contributed by atoms with van der Waals surface area (Å²) in [6.07, 6.45) is 1.97. The lowest BCUT2D eigenvalue weighted by Crippen LogP contribution is -2.41. The van der Waals surface area contributed by atoms with Crippen LogP contribution in [0.25, 0.3) is 0 Å². The Hall–Kier alpha value is -3.09. The molecule has 0 N–H and O–H groups in total. The van der Waals surface area contributed by atoms with E-state index in [4.69, 9.17) is 9.47 Å². The summed E-state index contributed by atoms with van der Waals surface area (Å²) in [5, 5.41) is 0. The Morgan fingerprint density at radius 3 is 2.82 bits per heavy atom. The second-order valence-electron chi connectivity index (χ2n) is 6.85. The van der Waals surface area contributed by atoms with Crippen LogP contribution in [0.4, 0.5) is 5.69 Å². The maximum absolute atomic E-state index is 12.6. The molecule has 2 amide bonds. The number of methoxy groups -OCH3 is 1. The summed E-state index contributed by atoms with van der Waals surface area (Å²) >= 11 is 0. The minimum Gasteiger partial charge on any atom is -0.496 e. The van der Waals surface area contributed by atoms with Crippen molar-refractivity contribution in [3.8, 4) is 11.5 Å². The maximum Gasteiger partial charge on any atom is 0.265 e. The molecule has 3 rings (SSSR count). The topological polar surface area (TPSA) is 72.0 Å². The van der Waals surface area contributed by atoms with Crippen molar-refractivity contribution in [3.63, 3.8) is 0 Å². The van der Waals surface area contributed by atoms with E-state index in [0.29, 0.717) is 24.5 Å².